The minimum absolute atomic E-state index is 0.0709. The fourth-order valence-corrected chi connectivity index (χ4v) is 1.99. The van der Waals surface area contributed by atoms with Crippen LogP contribution < -0.4 is 5.32 Å². The highest BCUT2D eigenvalue weighted by Crippen LogP contribution is 2.18. The van der Waals surface area contributed by atoms with Crippen molar-refractivity contribution in [2.24, 2.45) is 0 Å². The summed E-state index contributed by atoms with van der Waals surface area (Å²) in [5.74, 6) is 0.508. The summed E-state index contributed by atoms with van der Waals surface area (Å²) in [5.41, 5.74) is 3.09. The van der Waals surface area contributed by atoms with Gasteiger partial charge in [-0.15, -0.1) is 0 Å². The van der Waals surface area contributed by atoms with Gasteiger partial charge in [-0.3, -0.25) is 9.78 Å². The van der Waals surface area contributed by atoms with E-state index in [1.54, 1.807) is 24.5 Å². The molecule has 0 spiro atoms. The van der Waals surface area contributed by atoms with Crippen molar-refractivity contribution in [3.05, 3.63) is 65.5 Å². The molecule has 0 saturated heterocycles. The zero-order valence-corrected chi connectivity index (χ0v) is 12.0. The first kappa shape index (κ1) is 14.3. The highest BCUT2D eigenvalue weighted by Gasteiger charge is 2.05. The molecule has 0 saturated carbocycles. The maximum Gasteiger partial charge on any atom is 0.251 e. The van der Waals surface area contributed by atoms with Gasteiger partial charge in [-0.05, 0) is 35.6 Å². The second-order valence-corrected chi connectivity index (χ2v) is 4.97. The summed E-state index contributed by atoms with van der Waals surface area (Å²) in [6.45, 7) is 4.95. The third kappa shape index (κ3) is 3.67. The Bertz CT molecular complexity index is 549. The van der Waals surface area contributed by atoms with Gasteiger partial charge >= 0.3 is 0 Å². The minimum atomic E-state index is -0.0709. The van der Waals surface area contributed by atoms with E-state index < -0.39 is 0 Å². The normalized spacial score (nSPS) is 11.9. The van der Waals surface area contributed by atoms with Gasteiger partial charge in [0.05, 0.1) is 0 Å². The van der Waals surface area contributed by atoms with Gasteiger partial charge in [0.2, 0.25) is 0 Å². The van der Waals surface area contributed by atoms with Crippen LogP contribution in [-0.2, 0) is 6.54 Å². The van der Waals surface area contributed by atoms with Gasteiger partial charge in [0, 0.05) is 24.5 Å². The number of carbonyl (C=O) groups excluding carboxylic acids is 1. The van der Waals surface area contributed by atoms with Crippen LogP contribution in [0.1, 0.15) is 47.7 Å². The number of pyridine rings is 1. The van der Waals surface area contributed by atoms with Gasteiger partial charge in [-0.2, -0.15) is 0 Å². The largest absolute Gasteiger partial charge is 0.348 e. The topological polar surface area (TPSA) is 42.0 Å². The molecule has 2 aromatic rings. The molecular weight excluding hydrogens is 248 g/mol. The standard InChI is InChI=1S/C17H20N2O/c1-3-13(2)15-6-4-14(5-7-15)12-19-17(20)16-8-10-18-11-9-16/h4-11,13H,3,12H2,1-2H3,(H,19,20). The Kier molecular flexibility index (Phi) is 4.88. The minimum Gasteiger partial charge on any atom is -0.348 e. The number of benzene rings is 1. The number of nitrogens with zero attached hydrogens (tertiary/aromatic N) is 1. The predicted octanol–water partition coefficient (Wildman–Crippen LogP) is 3.53. The quantitative estimate of drug-likeness (QED) is 0.901. The maximum atomic E-state index is 11.9. The van der Waals surface area contributed by atoms with Crippen LogP contribution in [0, 0.1) is 0 Å². The van der Waals surface area contributed by atoms with E-state index in [4.69, 9.17) is 0 Å². The number of amides is 1. The summed E-state index contributed by atoms with van der Waals surface area (Å²) in [6.07, 6.45) is 4.38. The lowest BCUT2D eigenvalue weighted by Crippen LogP contribution is -2.22. The van der Waals surface area contributed by atoms with Crippen LogP contribution in [0.3, 0.4) is 0 Å². The molecule has 0 bridgehead atoms. The number of carbonyl (C=O) groups is 1. The van der Waals surface area contributed by atoms with Crippen LogP contribution in [0.25, 0.3) is 0 Å². The third-order valence-electron chi connectivity index (χ3n) is 3.56. The fourth-order valence-electron chi connectivity index (χ4n) is 1.99. The SMILES string of the molecule is CCC(C)c1ccc(CNC(=O)c2ccncc2)cc1. The summed E-state index contributed by atoms with van der Waals surface area (Å²) in [4.78, 5) is 15.8. The summed E-state index contributed by atoms with van der Waals surface area (Å²) >= 11 is 0. The highest BCUT2D eigenvalue weighted by atomic mass is 16.1. The van der Waals surface area contributed by atoms with Crippen molar-refractivity contribution in [1.82, 2.24) is 10.3 Å². The lowest BCUT2D eigenvalue weighted by atomic mass is 9.98. The van der Waals surface area contributed by atoms with Gasteiger partial charge in [0.15, 0.2) is 0 Å². The van der Waals surface area contributed by atoms with Crippen LogP contribution in [0.5, 0.6) is 0 Å². The van der Waals surface area contributed by atoms with Crippen molar-refractivity contribution < 1.29 is 4.79 Å². The molecule has 104 valence electrons. The molecule has 0 aliphatic heterocycles. The van der Waals surface area contributed by atoms with E-state index in [9.17, 15) is 4.79 Å². The van der Waals surface area contributed by atoms with E-state index in [0.29, 0.717) is 18.0 Å². The molecule has 3 heteroatoms. The lowest BCUT2D eigenvalue weighted by molar-refractivity contribution is 0.0951. The molecule has 3 nitrogen and oxygen atoms in total. The second-order valence-electron chi connectivity index (χ2n) is 4.97. The number of hydrogen-bond acceptors (Lipinski definition) is 2. The lowest BCUT2D eigenvalue weighted by Gasteiger charge is -2.10. The van der Waals surface area contributed by atoms with Crippen LogP contribution in [0.15, 0.2) is 48.8 Å². The van der Waals surface area contributed by atoms with Gasteiger partial charge in [0.1, 0.15) is 0 Å². The Hall–Kier alpha value is -2.16. The van der Waals surface area contributed by atoms with Crippen LogP contribution >= 0.6 is 0 Å². The zero-order valence-electron chi connectivity index (χ0n) is 12.0. The smallest absolute Gasteiger partial charge is 0.251 e. The van der Waals surface area contributed by atoms with Crippen molar-refractivity contribution in [3.63, 3.8) is 0 Å². The monoisotopic (exact) mass is 268 g/mol. The van der Waals surface area contributed by atoms with E-state index in [-0.39, 0.29) is 5.91 Å². The van der Waals surface area contributed by atoms with Crippen molar-refractivity contribution in [1.29, 1.82) is 0 Å². The van der Waals surface area contributed by atoms with Crippen LogP contribution in [0.2, 0.25) is 0 Å². The van der Waals surface area contributed by atoms with Gasteiger partial charge in [-0.25, -0.2) is 0 Å². The second kappa shape index (κ2) is 6.85. The van der Waals surface area contributed by atoms with E-state index in [2.05, 4.69) is 48.4 Å². The summed E-state index contributed by atoms with van der Waals surface area (Å²) in [6, 6.07) is 11.9. The van der Waals surface area contributed by atoms with E-state index in [0.717, 1.165) is 12.0 Å². The first-order chi connectivity index (χ1) is 9.70. The molecule has 0 aliphatic carbocycles. The molecule has 0 fully saturated rings. The van der Waals surface area contributed by atoms with E-state index in [1.807, 2.05) is 0 Å². The van der Waals surface area contributed by atoms with Crippen molar-refractivity contribution in [2.45, 2.75) is 32.7 Å². The third-order valence-corrected chi connectivity index (χ3v) is 3.56. The number of rotatable bonds is 5. The summed E-state index contributed by atoms with van der Waals surface area (Å²) < 4.78 is 0. The molecule has 1 aromatic carbocycles. The maximum absolute atomic E-state index is 11.9. The molecule has 1 unspecified atom stereocenters. The molecular formula is C17H20N2O. The predicted molar refractivity (Wildman–Crippen MR) is 80.6 cm³/mol. The number of nitrogens with one attached hydrogen (secondary N) is 1. The number of hydrogen-bond donors (Lipinski definition) is 1. The van der Waals surface area contributed by atoms with Crippen molar-refractivity contribution in [3.8, 4) is 0 Å². The Labute approximate surface area is 120 Å². The van der Waals surface area contributed by atoms with Gasteiger partial charge < -0.3 is 5.32 Å². The molecule has 1 atom stereocenters. The summed E-state index contributed by atoms with van der Waals surface area (Å²) in [7, 11) is 0. The molecule has 0 aliphatic rings. The Balaban J connectivity index is 1.93. The van der Waals surface area contributed by atoms with Gasteiger partial charge in [0.25, 0.3) is 5.91 Å². The molecule has 1 N–H and O–H groups in total. The highest BCUT2D eigenvalue weighted by molar-refractivity contribution is 5.93. The molecule has 1 amide bonds. The van der Waals surface area contributed by atoms with E-state index >= 15 is 0 Å². The van der Waals surface area contributed by atoms with Gasteiger partial charge in [-0.1, -0.05) is 38.1 Å². The first-order valence-electron chi connectivity index (χ1n) is 6.97. The molecule has 1 heterocycles. The fraction of sp³-hybridized carbons (Fsp3) is 0.294. The van der Waals surface area contributed by atoms with E-state index in [1.165, 1.54) is 5.56 Å². The first-order valence-corrected chi connectivity index (χ1v) is 6.97. The number of aromatic nitrogens is 1. The average Bonchev–Trinajstić information content (AvgIpc) is 2.53. The van der Waals surface area contributed by atoms with Crippen molar-refractivity contribution >= 4 is 5.91 Å². The zero-order chi connectivity index (χ0) is 14.4. The average molecular weight is 268 g/mol. The van der Waals surface area contributed by atoms with Crippen molar-refractivity contribution in [2.75, 3.05) is 0 Å². The Morgan fingerprint density at radius 1 is 1.15 bits per heavy atom. The Morgan fingerprint density at radius 2 is 1.80 bits per heavy atom. The molecule has 1 aromatic heterocycles. The Morgan fingerprint density at radius 3 is 2.40 bits per heavy atom. The van der Waals surface area contributed by atoms with Crippen LogP contribution in [-0.4, -0.2) is 10.9 Å². The van der Waals surface area contributed by atoms with Crippen LogP contribution in [0.4, 0.5) is 0 Å². The summed E-state index contributed by atoms with van der Waals surface area (Å²) in [5, 5.41) is 2.91. The molecule has 2 rings (SSSR count). The molecule has 0 radical (unpaired) electrons. The molecule has 20 heavy (non-hydrogen) atoms.